The molecule has 0 aliphatic carbocycles. The van der Waals surface area contributed by atoms with Gasteiger partial charge in [-0.05, 0) is 18.6 Å². The van der Waals surface area contributed by atoms with Crippen LogP contribution in [0, 0.1) is 10.1 Å². The summed E-state index contributed by atoms with van der Waals surface area (Å²) in [6.07, 6.45) is 4.77. The third kappa shape index (κ3) is 2.45. The first-order valence-electron chi connectivity index (χ1n) is 5.42. The van der Waals surface area contributed by atoms with Crippen molar-refractivity contribution in [3.05, 3.63) is 46.4 Å². The van der Waals surface area contributed by atoms with Crippen molar-refractivity contribution in [1.82, 2.24) is 14.8 Å². The molecule has 7 nitrogen and oxygen atoms in total. The average molecular weight is 247 g/mol. The Balaban J connectivity index is 2.22. The van der Waals surface area contributed by atoms with Gasteiger partial charge in [0.15, 0.2) is 0 Å². The Hall–Kier alpha value is -2.44. The molecule has 2 aromatic heterocycles. The molecule has 0 amide bonds. The lowest BCUT2D eigenvalue weighted by molar-refractivity contribution is -0.384. The summed E-state index contributed by atoms with van der Waals surface area (Å²) in [4.78, 5) is 14.4. The zero-order chi connectivity index (χ0) is 13.1. The fourth-order valence-electron chi connectivity index (χ4n) is 1.63. The molecule has 0 bridgehead atoms. The number of anilines is 1. The molecule has 7 heteroatoms. The molecular weight excluding hydrogens is 234 g/mol. The Labute approximate surface area is 104 Å². The third-order valence-corrected chi connectivity index (χ3v) is 2.54. The summed E-state index contributed by atoms with van der Waals surface area (Å²) in [5.74, 6) is 0.263. The van der Waals surface area contributed by atoms with Crippen LogP contribution in [-0.2, 0) is 7.05 Å². The minimum atomic E-state index is -0.453. The number of nitro groups is 1. The third-order valence-electron chi connectivity index (χ3n) is 2.54. The summed E-state index contributed by atoms with van der Waals surface area (Å²) in [6, 6.07) is 3.62. The van der Waals surface area contributed by atoms with Gasteiger partial charge in [-0.15, -0.1) is 5.10 Å². The van der Waals surface area contributed by atoms with Crippen LogP contribution < -0.4 is 5.32 Å². The van der Waals surface area contributed by atoms with Crippen LogP contribution in [0.1, 0.15) is 18.5 Å². The van der Waals surface area contributed by atoms with Gasteiger partial charge in [0.1, 0.15) is 6.20 Å². The van der Waals surface area contributed by atoms with Crippen molar-refractivity contribution in [2.75, 3.05) is 5.32 Å². The van der Waals surface area contributed by atoms with E-state index in [1.807, 2.05) is 19.1 Å². The van der Waals surface area contributed by atoms with E-state index in [0.29, 0.717) is 0 Å². The van der Waals surface area contributed by atoms with Crippen LogP contribution in [0.25, 0.3) is 0 Å². The van der Waals surface area contributed by atoms with Gasteiger partial charge in [-0.2, -0.15) is 0 Å². The lowest BCUT2D eigenvalue weighted by Gasteiger charge is -2.12. The average Bonchev–Trinajstić information content (AvgIpc) is 2.71. The van der Waals surface area contributed by atoms with Crippen LogP contribution >= 0.6 is 0 Å². The van der Waals surface area contributed by atoms with E-state index < -0.39 is 4.92 Å². The van der Waals surface area contributed by atoms with Crippen molar-refractivity contribution in [2.45, 2.75) is 13.0 Å². The topological polar surface area (TPSA) is 85.9 Å². The first kappa shape index (κ1) is 12.0. The molecular formula is C11H13N5O2. The minimum absolute atomic E-state index is 0.0340. The molecule has 2 rings (SSSR count). The number of pyridine rings is 1. The predicted molar refractivity (Wildman–Crippen MR) is 66.1 cm³/mol. The van der Waals surface area contributed by atoms with E-state index in [0.717, 1.165) is 5.56 Å². The Morgan fingerprint density at radius 2 is 2.33 bits per heavy atom. The summed E-state index contributed by atoms with van der Waals surface area (Å²) in [6.45, 7) is 1.90. The van der Waals surface area contributed by atoms with E-state index in [4.69, 9.17) is 0 Å². The molecule has 1 atom stereocenters. The molecule has 0 saturated carbocycles. The van der Waals surface area contributed by atoms with Gasteiger partial charge in [0, 0.05) is 19.4 Å². The van der Waals surface area contributed by atoms with Crippen LogP contribution in [0.2, 0.25) is 0 Å². The molecule has 0 fully saturated rings. The summed E-state index contributed by atoms with van der Waals surface area (Å²) in [7, 11) is 1.65. The number of aryl methyl sites for hydroxylation is 1. The Bertz CT molecular complexity index is 552. The molecule has 0 saturated heterocycles. The quantitative estimate of drug-likeness (QED) is 0.658. The predicted octanol–water partition coefficient (Wildman–Crippen LogP) is 1.90. The van der Waals surface area contributed by atoms with Crippen molar-refractivity contribution in [2.24, 2.45) is 7.05 Å². The fraction of sp³-hybridized carbons (Fsp3) is 0.273. The largest absolute Gasteiger partial charge is 0.356 e. The smallest absolute Gasteiger partial charge is 0.330 e. The number of nitrogens with zero attached hydrogens (tertiary/aromatic N) is 4. The lowest BCUT2D eigenvalue weighted by Crippen LogP contribution is -2.08. The monoisotopic (exact) mass is 247 g/mol. The van der Waals surface area contributed by atoms with Crippen molar-refractivity contribution in [1.29, 1.82) is 0 Å². The number of hydrogen-bond acceptors (Lipinski definition) is 5. The van der Waals surface area contributed by atoms with Crippen LogP contribution in [-0.4, -0.2) is 19.7 Å². The van der Waals surface area contributed by atoms with Crippen LogP contribution in [0.3, 0.4) is 0 Å². The molecule has 1 N–H and O–H groups in total. The van der Waals surface area contributed by atoms with Gasteiger partial charge in [-0.3, -0.25) is 19.8 Å². The lowest BCUT2D eigenvalue weighted by atomic mass is 10.1. The highest BCUT2D eigenvalue weighted by Crippen LogP contribution is 2.25. The molecule has 0 aliphatic rings. The molecule has 0 spiro atoms. The van der Waals surface area contributed by atoms with Crippen molar-refractivity contribution < 1.29 is 4.92 Å². The maximum atomic E-state index is 10.9. The van der Waals surface area contributed by atoms with Crippen molar-refractivity contribution >= 4 is 11.5 Å². The number of rotatable bonds is 4. The molecule has 2 aromatic rings. The summed E-state index contributed by atoms with van der Waals surface area (Å²) in [5.41, 5.74) is 0.908. The summed E-state index contributed by atoms with van der Waals surface area (Å²) in [5, 5.41) is 17.9. The Morgan fingerprint density at radius 1 is 1.56 bits per heavy atom. The van der Waals surface area contributed by atoms with Gasteiger partial charge in [0.05, 0.1) is 11.0 Å². The first-order valence-corrected chi connectivity index (χ1v) is 5.42. The van der Waals surface area contributed by atoms with Crippen molar-refractivity contribution in [3.63, 3.8) is 0 Å². The zero-order valence-corrected chi connectivity index (χ0v) is 10.1. The van der Waals surface area contributed by atoms with E-state index in [1.165, 1.54) is 10.9 Å². The van der Waals surface area contributed by atoms with Crippen LogP contribution in [0.15, 0.2) is 30.7 Å². The second-order valence-electron chi connectivity index (χ2n) is 3.95. The highest BCUT2D eigenvalue weighted by molar-refractivity contribution is 5.55. The minimum Gasteiger partial charge on any atom is -0.356 e. The maximum absolute atomic E-state index is 10.9. The van der Waals surface area contributed by atoms with Gasteiger partial charge >= 0.3 is 5.69 Å². The van der Waals surface area contributed by atoms with E-state index in [2.05, 4.69) is 15.4 Å². The molecule has 18 heavy (non-hydrogen) atoms. The Kier molecular flexibility index (Phi) is 3.22. The Morgan fingerprint density at radius 3 is 2.94 bits per heavy atom. The first-order chi connectivity index (χ1) is 8.58. The maximum Gasteiger partial charge on any atom is 0.330 e. The van der Waals surface area contributed by atoms with Gasteiger partial charge in [-0.25, -0.2) is 0 Å². The molecule has 1 unspecified atom stereocenters. The van der Waals surface area contributed by atoms with Crippen LogP contribution in [0.5, 0.6) is 0 Å². The van der Waals surface area contributed by atoms with Gasteiger partial charge in [0.25, 0.3) is 0 Å². The highest BCUT2D eigenvalue weighted by Gasteiger charge is 2.20. The van der Waals surface area contributed by atoms with E-state index in [1.54, 1.807) is 19.4 Å². The molecule has 0 radical (unpaired) electrons. The molecule has 0 aliphatic heterocycles. The van der Waals surface area contributed by atoms with Gasteiger partial charge in [0.2, 0.25) is 5.82 Å². The number of hydrogen-bond donors (Lipinski definition) is 1. The normalized spacial score (nSPS) is 12.1. The molecule has 0 aromatic carbocycles. The molecule has 2 heterocycles. The molecule has 94 valence electrons. The number of nitrogens with one attached hydrogen (secondary N) is 1. The van der Waals surface area contributed by atoms with Crippen LogP contribution in [0.4, 0.5) is 11.5 Å². The summed E-state index contributed by atoms with van der Waals surface area (Å²) < 4.78 is 1.41. The fourth-order valence-corrected chi connectivity index (χ4v) is 1.63. The van der Waals surface area contributed by atoms with E-state index in [9.17, 15) is 10.1 Å². The SMILES string of the molecule is CC(Nc1nn(C)cc1[N+](=O)[O-])c1cccnc1. The van der Waals surface area contributed by atoms with Gasteiger partial charge < -0.3 is 5.32 Å². The second-order valence-corrected chi connectivity index (χ2v) is 3.95. The highest BCUT2D eigenvalue weighted by atomic mass is 16.6. The number of aromatic nitrogens is 3. The van der Waals surface area contributed by atoms with E-state index >= 15 is 0 Å². The van der Waals surface area contributed by atoms with Crippen molar-refractivity contribution in [3.8, 4) is 0 Å². The second kappa shape index (κ2) is 4.82. The van der Waals surface area contributed by atoms with Gasteiger partial charge in [-0.1, -0.05) is 6.07 Å². The zero-order valence-electron chi connectivity index (χ0n) is 10.1. The standard InChI is InChI=1S/C11H13N5O2/c1-8(9-4-3-5-12-6-9)13-11-10(16(17)18)7-15(2)14-11/h3-8H,1-2H3,(H,13,14). The van der Waals surface area contributed by atoms with E-state index in [-0.39, 0.29) is 17.5 Å². The summed E-state index contributed by atoms with van der Waals surface area (Å²) >= 11 is 0.